The second kappa shape index (κ2) is 4.72. The predicted molar refractivity (Wildman–Crippen MR) is 77.7 cm³/mol. The molecule has 0 saturated heterocycles. The molecular weight excluding hydrogens is 266 g/mol. The molecular formula is C15H19N5O. The number of aromatic nitrogens is 4. The van der Waals surface area contributed by atoms with Gasteiger partial charge in [-0.1, -0.05) is 0 Å². The summed E-state index contributed by atoms with van der Waals surface area (Å²) in [7, 11) is 0. The Balaban J connectivity index is 1.49. The van der Waals surface area contributed by atoms with E-state index >= 15 is 0 Å². The van der Waals surface area contributed by atoms with Gasteiger partial charge in [0.05, 0.1) is 17.9 Å². The molecule has 1 aliphatic heterocycles. The molecule has 110 valence electrons. The fraction of sp³-hybridized carbons (Fsp3) is 0.533. The lowest BCUT2D eigenvalue weighted by atomic mass is 10.1. The minimum atomic E-state index is -0.264. The van der Waals surface area contributed by atoms with Crippen molar-refractivity contribution in [2.24, 2.45) is 5.41 Å². The lowest BCUT2D eigenvalue weighted by Gasteiger charge is -2.19. The fourth-order valence-corrected chi connectivity index (χ4v) is 3.10. The monoisotopic (exact) mass is 285 g/mol. The lowest BCUT2D eigenvalue weighted by molar-refractivity contribution is -0.121. The highest BCUT2D eigenvalue weighted by Gasteiger charge is 2.50. The number of anilines is 1. The van der Waals surface area contributed by atoms with E-state index in [-0.39, 0.29) is 11.3 Å². The summed E-state index contributed by atoms with van der Waals surface area (Å²) >= 11 is 0. The molecule has 2 aromatic heterocycles. The molecule has 2 aromatic rings. The summed E-state index contributed by atoms with van der Waals surface area (Å²) in [4.78, 5) is 21.1. The van der Waals surface area contributed by atoms with Crippen LogP contribution >= 0.6 is 0 Å². The Labute approximate surface area is 123 Å². The van der Waals surface area contributed by atoms with Gasteiger partial charge in [0.25, 0.3) is 0 Å². The quantitative estimate of drug-likeness (QED) is 0.932. The summed E-state index contributed by atoms with van der Waals surface area (Å²) in [5.74, 6) is 2.06. The molecule has 3 heterocycles. The second-order valence-electron chi connectivity index (χ2n) is 6.14. The van der Waals surface area contributed by atoms with E-state index in [2.05, 4.69) is 19.9 Å². The van der Waals surface area contributed by atoms with Gasteiger partial charge in [0, 0.05) is 31.9 Å². The van der Waals surface area contributed by atoms with E-state index in [4.69, 9.17) is 0 Å². The number of hydrogen-bond donors (Lipinski definition) is 1. The molecule has 21 heavy (non-hydrogen) atoms. The van der Waals surface area contributed by atoms with Gasteiger partial charge in [-0.15, -0.1) is 0 Å². The summed E-state index contributed by atoms with van der Waals surface area (Å²) in [5.41, 5.74) is -0.264. The van der Waals surface area contributed by atoms with Crippen LogP contribution in [0.5, 0.6) is 0 Å². The summed E-state index contributed by atoms with van der Waals surface area (Å²) in [6, 6.07) is 0. The van der Waals surface area contributed by atoms with E-state index in [0.29, 0.717) is 6.54 Å². The first-order chi connectivity index (χ1) is 10.3. The van der Waals surface area contributed by atoms with Crippen molar-refractivity contribution in [2.75, 3.05) is 5.32 Å². The number of nitrogens with zero attached hydrogens (tertiary/aromatic N) is 4. The van der Waals surface area contributed by atoms with Gasteiger partial charge < -0.3 is 14.5 Å². The molecule has 2 aliphatic rings. The maximum Gasteiger partial charge on any atom is 0.233 e. The predicted octanol–water partition coefficient (Wildman–Crippen LogP) is 1.83. The maximum absolute atomic E-state index is 12.6. The van der Waals surface area contributed by atoms with Crippen molar-refractivity contribution in [3.05, 3.63) is 30.7 Å². The van der Waals surface area contributed by atoms with Crippen molar-refractivity contribution in [3.8, 4) is 0 Å². The number of amides is 1. The number of carbonyl (C=O) groups is 1. The van der Waals surface area contributed by atoms with Crippen LogP contribution in [0.15, 0.2) is 24.9 Å². The molecule has 6 nitrogen and oxygen atoms in total. The number of rotatable bonds is 4. The molecule has 1 aliphatic carbocycles. The molecule has 4 rings (SSSR count). The SMILES string of the molecule is O=C(Nc1cnc2n1CCCC2)C1(Cn2ccnc2)CC1. The standard InChI is InChI=1S/C15H19N5O/c21-14(15(4-5-15)10-19-8-6-16-11-19)18-13-9-17-12-3-1-2-7-20(12)13/h6,8-9,11H,1-5,7,10H2,(H,18,21). The van der Waals surface area contributed by atoms with Crippen LogP contribution in [0, 0.1) is 5.41 Å². The molecule has 0 spiro atoms. The van der Waals surface area contributed by atoms with Gasteiger partial charge in [-0.25, -0.2) is 9.97 Å². The molecule has 1 saturated carbocycles. The van der Waals surface area contributed by atoms with E-state index in [1.807, 2.05) is 10.8 Å². The molecule has 0 radical (unpaired) electrons. The first kappa shape index (κ1) is 12.6. The molecule has 1 N–H and O–H groups in total. The summed E-state index contributed by atoms with van der Waals surface area (Å²) in [6.45, 7) is 1.67. The number of imidazole rings is 2. The first-order valence-electron chi connectivity index (χ1n) is 7.58. The van der Waals surface area contributed by atoms with Gasteiger partial charge >= 0.3 is 0 Å². The van der Waals surface area contributed by atoms with Gasteiger partial charge in [0.1, 0.15) is 11.6 Å². The molecule has 0 unspecified atom stereocenters. The summed E-state index contributed by atoms with van der Waals surface area (Å²) in [5, 5.41) is 3.09. The van der Waals surface area contributed by atoms with E-state index in [9.17, 15) is 4.79 Å². The Morgan fingerprint density at radius 3 is 3.05 bits per heavy atom. The highest BCUT2D eigenvalue weighted by molar-refractivity contribution is 5.96. The van der Waals surface area contributed by atoms with Crippen molar-refractivity contribution >= 4 is 11.7 Å². The largest absolute Gasteiger partial charge is 0.336 e. The Kier molecular flexibility index (Phi) is 2.83. The number of fused-ring (bicyclic) bond motifs is 1. The van der Waals surface area contributed by atoms with Crippen molar-refractivity contribution < 1.29 is 4.79 Å². The van der Waals surface area contributed by atoms with Gasteiger partial charge in [0.15, 0.2) is 0 Å². The zero-order chi connectivity index (χ0) is 14.3. The van der Waals surface area contributed by atoms with Crippen LogP contribution in [0.1, 0.15) is 31.5 Å². The smallest absolute Gasteiger partial charge is 0.233 e. The van der Waals surface area contributed by atoms with Crippen molar-refractivity contribution in [3.63, 3.8) is 0 Å². The van der Waals surface area contributed by atoms with Crippen molar-refractivity contribution in [1.29, 1.82) is 0 Å². The highest BCUT2D eigenvalue weighted by atomic mass is 16.2. The van der Waals surface area contributed by atoms with Crippen LogP contribution in [-0.4, -0.2) is 25.0 Å². The number of aryl methyl sites for hydroxylation is 1. The summed E-state index contributed by atoms with van der Waals surface area (Å²) < 4.78 is 4.13. The Morgan fingerprint density at radius 2 is 2.29 bits per heavy atom. The zero-order valence-electron chi connectivity index (χ0n) is 12.0. The molecule has 0 bridgehead atoms. The third kappa shape index (κ3) is 2.24. The van der Waals surface area contributed by atoms with Crippen molar-refractivity contribution in [2.45, 2.75) is 45.2 Å². The minimum Gasteiger partial charge on any atom is -0.336 e. The molecule has 1 amide bonds. The first-order valence-corrected chi connectivity index (χ1v) is 7.58. The third-order valence-corrected chi connectivity index (χ3v) is 4.59. The Hall–Kier alpha value is -2.11. The molecule has 0 aromatic carbocycles. The molecule has 0 atom stereocenters. The van der Waals surface area contributed by atoms with E-state index in [0.717, 1.165) is 43.9 Å². The third-order valence-electron chi connectivity index (χ3n) is 4.59. The second-order valence-corrected chi connectivity index (χ2v) is 6.14. The lowest BCUT2D eigenvalue weighted by Crippen LogP contribution is -2.29. The van der Waals surface area contributed by atoms with Crippen molar-refractivity contribution in [1.82, 2.24) is 19.1 Å². The minimum absolute atomic E-state index is 0.115. The van der Waals surface area contributed by atoms with Crippen LogP contribution < -0.4 is 5.32 Å². The van der Waals surface area contributed by atoms with Gasteiger partial charge in [-0.3, -0.25) is 4.79 Å². The Morgan fingerprint density at radius 1 is 1.38 bits per heavy atom. The average molecular weight is 285 g/mol. The summed E-state index contributed by atoms with van der Waals surface area (Å²) in [6.07, 6.45) is 12.5. The fourth-order valence-electron chi connectivity index (χ4n) is 3.10. The van der Waals surface area contributed by atoms with E-state index in [1.165, 1.54) is 6.42 Å². The van der Waals surface area contributed by atoms with Crippen LogP contribution in [-0.2, 0) is 24.3 Å². The normalized spacial score (nSPS) is 19.0. The number of hydrogen-bond acceptors (Lipinski definition) is 3. The van der Waals surface area contributed by atoms with Gasteiger partial charge in [0.2, 0.25) is 5.91 Å². The molecule has 6 heteroatoms. The number of carbonyl (C=O) groups excluding carboxylic acids is 1. The topological polar surface area (TPSA) is 64.7 Å². The highest BCUT2D eigenvalue weighted by Crippen LogP contribution is 2.48. The zero-order valence-corrected chi connectivity index (χ0v) is 12.0. The maximum atomic E-state index is 12.6. The molecule has 1 fully saturated rings. The Bertz CT molecular complexity index is 654. The van der Waals surface area contributed by atoms with E-state index < -0.39 is 0 Å². The number of nitrogens with one attached hydrogen (secondary N) is 1. The van der Waals surface area contributed by atoms with Gasteiger partial charge in [-0.2, -0.15) is 0 Å². The van der Waals surface area contributed by atoms with E-state index in [1.54, 1.807) is 18.7 Å². The van der Waals surface area contributed by atoms with Crippen LogP contribution in [0.2, 0.25) is 0 Å². The van der Waals surface area contributed by atoms with Crippen LogP contribution in [0.4, 0.5) is 5.82 Å². The average Bonchev–Trinajstić information content (AvgIpc) is 2.93. The van der Waals surface area contributed by atoms with Crippen LogP contribution in [0.25, 0.3) is 0 Å². The van der Waals surface area contributed by atoms with Crippen LogP contribution in [0.3, 0.4) is 0 Å². The van der Waals surface area contributed by atoms with Gasteiger partial charge in [-0.05, 0) is 25.7 Å².